The number of amidine groups is 1. The zero-order chi connectivity index (χ0) is 26.3. The van der Waals surface area contributed by atoms with Crippen LogP contribution in [0.4, 0.5) is 11.4 Å². The minimum atomic E-state index is -0.134. The first-order valence-electron chi connectivity index (χ1n) is 12.2. The average molecular weight is 586 g/mol. The van der Waals surface area contributed by atoms with E-state index in [0.717, 1.165) is 27.0 Å². The zero-order valence-corrected chi connectivity index (χ0v) is 23.1. The van der Waals surface area contributed by atoms with Crippen LogP contribution in [0.1, 0.15) is 18.1 Å². The van der Waals surface area contributed by atoms with Gasteiger partial charge in [0.15, 0.2) is 16.7 Å². The van der Waals surface area contributed by atoms with Gasteiger partial charge in [0.05, 0.1) is 22.9 Å². The summed E-state index contributed by atoms with van der Waals surface area (Å²) in [6.07, 6.45) is 1.87. The van der Waals surface area contributed by atoms with Crippen LogP contribution in [0.15, 0.2) is 117 Å². The first-order chi connectivity index (χ1) is 18.6. The molecule has 4 aromatic rings. The molecule has 0 radical (unpaired) electrons. The van der Waals surface area contributed by atoms with Gasteiger partial charge in [0.2, 0.25) is 0 Å². The molecular weight excluding hydrogens is 560 g/mol. The van der Waals surface area contributed by atoms with Crippen molar-refractivity contribution in [2.24, 2.45) is 4.99 Å². The normalized spacial score (nSPS) is 15.3. The van der Waals surface area contributed by atoms with Gasteiger partial charge in [-0.05, 0) is 72.3 Å². The molecule has 7 heteroatoms. The monoisotopic (exact) mass is 584 g/mol. The molecule has 1 saturated heterocycles. The lowest BCUT2D eigenvalue weighted by atomic mass is 10.1. The fourth-order valence-corrected chi connectivity index (χ4v) is 5.31. The number of para-hydroxylation sites is 2. The largest absolute Gasteiger partial charge is 0.490 e. The summed E-state index contributed by atoms with van der Waals surface area (Å²) >= 11 is 5.02. The van der Waals surface area contributed by atoms with Crippen LogP contribution in [0.25, 0.3) is 6.08 Å². The molecule has 1 fully saturated rings. The van der Waals surface area contributed by atoms with Crippen molar-refractivity contribution in [3.8, 4) is 11.5 Å². The maximum absolute atomic E-state index is 13.6. The van der Waals surface area contributed by atoms with E-state index in [9.17, 15) is 4.79 Å². The highest BCUT2D eigenvalue weighted by Gasteiger charge is 2.35. The predicted molar refractivity (Wildman–Crippen MR) is 159 cm³/mol. The second-order valence-corrected chi connectivity index (χ2v) is 10.2. The van der Waals surface area contributed by atoms with Crippen molar-refractivity contribution in [3.05, 3.63) is 124 Å². The molecular formula is C31H25BrN2O3S. The Balaban J connectivity index is 1.48. The minimum absolute atomic E-state index is 0.134. The molecule has 5 nitrogen and oxygen atoms in total. The van der Waals surface area contributed by atoms with Crippen LogP contribution in [-0.4, -0.2) is 17.7 Å². The SMILES string of the molecule is CCOc1cc(/C=C2\SC(=Nc3ccccc3)N(c3ccccc3)C2=O)c(Br)cc1OCc1ccccc1. The van der Waals surface area contributed by atoms with Crippen molar-refractivity contribution >= 4 is 56.2 Å². The summed E-state index contributed by atoms with van der Waals surface area (Å²) in [5.41, 5.74) is 3.42. The van der Waals surface area contributed by atoms with Crippen molar-refractivity contribution in [2.45, 2.75) is 13.5 Å². The number of nitrogens with zero attached hydrogens (tertiary/aromatic N) is 2. The van der Waals surface area contributed by atoms with Gasteiger partial charge in [-0.3, -0.25) is 9.69 Å². The Kier molecular flexibility index (Phi) is 8.26. The van der Waals surface area contributed by atoms with Gasteiger partial charge in [-0.2, -0.15) is 0 Å². The lowest BCUT2D eigenvalue weighted by molar-refractivity contribution is -0.113. The van der Waals surface area contributed by atoms with E-state index in [2.05, 4.69) is 15.9 Å². The molecule has 0 bridgehead atoms. The van der Waals surface area contributed by atoms with E-state index in [0.29, 0.717) is 34.8 Å². The number of carbonyl (C=O) groups excluding carboxylic acids is 1. The number of aliphatic imine (C=N–C) groups is 1. The third kappa shape index (κ3) is 6.01. The van der Waals surface area contributed by atoms with Crippen LogP contribution >= 0.6 is 27.7 Å². The van der Waals surface area contributed by atoms with Gasteiger partial charge >= 0.3 is 0 Å². The summed E-state index contributed by atoms with van der Waals surface area (Å²) in [5, 5.41) is 0.600. The summed E-state index contributed by atoms with van der Waals surface area (Å²) in [6, 6.07) is 33.0. The van der Waals surface area contributed by atoms with Gasteiger partial charge in [-0.15, -0.1) is 0 Å². The number of ether oxygens (including phenoxy) is 2. The second-order valence-electron chi connectivity index (χ2n) is 8.34. The van der Waals surface area contributed by atoms with Gasteiger partial charge in [-0.25, -0.2) is 4.99 Å². The summed E-state index contributed by atoms with van der Waals surface area (Å²) in [4.78, 5) is 20.6. The summed E-state index contributed by atoms with van der Waals surface area (Å²) < 4.78 is 12.8. The lowest BCUT2D eigenvalue weighted by Gasteiger charge is -2.15. The van der Waals surface area contributed by atoms with Crippen molar-refractivity contribution in [1.82, 2.24) is 0 Å². The topological polar surface area (TPSA) is 51.1 Å². The Labute approximate surface area is 234 Å². The van der Waals surface area contributed by atoms with E-state index < -0.39 is 0 Å². The van der Waals surface area contributed by atoms with Crippen molar-refractivity contribution in [1.29, 1.82) is 0 Å². The first kappa shape index (κ1) is 25.8. The van der Waals surface area contributed by atoms with E-state index in [-0.39, 0.29) is 5.91 Å². The average Bonchev–Trinajstić information content (AvgIpc) is 3.25. The quantitative estimate of drug-likeness (QED) is 0.196. The predicted octanol–water partition coefficient (Wildman–Crippen LogP) is 8.24. The molecule has 38 heavy (non-hydrogen) atoms. The molecule has 1 amide bonds. The third-order valence-electron chi connectivity index (χ3n) is 5.69. The summed E-state index contributed by atoms with van der Waals surface area (Å²) in [7, 11) is 0. The Bertz CT molecular complexity index is 1480. The first-order valence-corrected chi connectivity index (χ1v) is 13.8. The van der Waals surface area contributed by atoms with Crippen molar-refractivity contribution < 1.29 is 14.3 Å². The highest BCUT2D eigenvalue weighted by molar-refractivity contribution is 9.10. The van der Waals surface area contributed by atoms with Crippen molar-refractivity contribution in [3.63, 3.8) is 0 Å². The third-order valence-corrected chi connectivity index (χ3v) is 7.34. The molecule has 1 aliphatic heterocycles. The fraction of sp³-hybridized carbons (Fsp3) is 0.0968. The number of anilines is 1. The molecule has 0 aliphatic carbocycles. The van der Waals surface area contributed by atoms with Crippen LogP contribution in [-0.2, 0) is 11.4 Å². The number of amides is 1. The molecule has 4 aromatic carbocycles. The number of rotatable bonds is 8. The van der Waals surface area contributed by atoms with Crippen LogP contribution in [0.2, 0.25) is 0 Å². The van der Waals surface area contributed by atoms with E-state index >= 15 is 0 Å². The molecule has 0 aromatic heterocycles. The Morgan fingerprint density at radius 2 is 1.50 bits per heavy atom. The molecule has 1 aliphatic rings. The van der Waals surface area contributed by atoms with Gasteiger partial charge in [-0.1, -0.05) is 82.7 Å². The summed E-state index contributed by atoms with van der Waals surface area (Å²) in [5.74, 6) is 1.12. The fourth-order valence-electron chi connectivity index (χ4n) is 3.89. The van der Waals surface area contributed by atoms with Crippen LogP contribution in [0.3, 0.4) is 0 Å². The molecule has 0 atom stereocenters. The Morgan fingerprint density at radius 1 is 0.868 bits per heavy atom. The van der Waals surface area contributed by atoms with Gasteiger partial charge in [0.25, 0.3) is 5.91 Å². The number of hydrogen-bond acceptors (Lipinski definition) is 5. The lowest BCUT2D eigenvalue weighted by Crippen LogP contribution is -2.28. The molecule has 0 saturated carbocycles. The van der Waals surface area contributed by atoms with Crippen LogP contribution in [0, 0.1) is 0 Å². The van der Waals surface area contributed by atoms with Gasteiger partial charge in [0, 0.05) is 4.47 Å². The Hall–Kier alpha value is -3.81. The number of thioether (sulfide) groups is 1. The minimum Gasteiger partial charge on any atom is -0.490 e. The summed E-state index contributed by atoms with van der Waals surface area (Å²) in [6.45, 7) is 2.84. The van der Waals surface area contributed by atoms with Crippen molar-refractivity contribution in [2.75, 3.05) is 11.5 Å². The molecule has 0 unspecified atom stereocenters. The standard InChI is InChI=1S/C31H25BrN2O3S/c1-2-36-27-18-23(26(32)20-28(27)37-21-22-12-6-3-7-13-22)19-29-30(35)34(25-16-10-5-11-17-25)31(38-29)33-24-14-8-4-9-15-24/h3-20H,2,21H2,1H3/b29-19-,33-31?. The molecule has 5 rings (SSSR count). The maximum atomic E-state index is 13.6. The van der Waals surface area contributed by atoms with E-state index in [1.807, 2.05) is 116 Å². The maximum Gasteiger partial charge on any atom is 0.271 e. The highest BCUT2D eigenvalue weighted by atomic mass is 79.9. The number of hydrogen-bond donors (Lipinski definition) is 0. The number of carbonyl (C=O) groups is 1. The Morgan fingerprint density at radius 3 is 2.18 bits per heavy atom. The van der Waals surface area contributed by atoms with E-state index in [4.69, 9.17) is 14.5 Å². The number of benzene rings is 4. The highest BCUT2D eigenvalue weighted by Crippen LogP contribution is 2.40. The second kappa shape index (κ2) is 12.2. The smallest absolute Gasteiger partial charge is 0.271 e. The molecule has 190 valence electrons. The molecule has 0 spiro atoms. The van der Waals surface area contributed by atoms with E-state index in [1.165, 1.54) is 11.8 Å². The molecule has 1 heterocycles. The number of halogens is 1. The van der Waals surface area contributed by atoms with Gasteiger partial charge in [0.1, 0.15) is 6.61 Å². The van der Waals surface area contributed by atoms with Crippen LogP contribution in [0.5, 0.6) is 11.5 Å². The van der Waals surface area contributed by atoms with Crippen LogP contribution < -0.4 is 14.4 Å². The van der Waals surface area contributed by atoms with E-state index in [1.54, 1.807) is 4.90 Å². The molecule has 0 N–H and O–H groups in total. The van der Waals surface area contributed by atoms with Gasteiger partial charge < -0.3 is 9.47 Å². The zero-order valence-electron chi connectivity index (χ0n) is 20.7.